The summed E-state index contributed by atoms with van der Waals surface area (Å²) in [5.74, 6) is -6.07. The van der Waals surface area contributed by atoms with Gasteiger partial charge in [-0.25, -0.2) is 4.79 Å². The smallest absolute Gasteiger partial charge is 0.337 e. The van der Waals surface area contributed by atoms with Crippen molar-refractivity contribution in [1.29, 1.82) is 0 Å². The number of hydrogen-bond acceptors (Lipinski definition) is 5. The van der Waals surface area contributed by atoms with Gasteiger partial charge in [-0.15, -0.1) is 0 Å². The Morgan fingerprint density at radius 2 is 1.84 bits per heavy atom. The van der Waals surface area contributed by atoms with E-state index in [1.54, 1.807) is 26.0 Å². The molecule has 9 heteroatoms. The van der Waals surface area contributed by atoms with E-state index in [2.05, 4.69) is 5.16 Å². The van der Waals surface area contributed by atoms with Crippen LogP contribution in [0, 0.1) is 0 Å². The van der Waals surface area contributed by atoms with Gasteiger partial charge in [0.1, 0.15) is 5.75 Å². The Morgan fingerprint density at radius 3 is 2.42 bits per heavy atom. The SMILES string of the molecule is CCc1c(CC(F)(F)C(=O)Cc2cn(CC)cc2C(=O)O)noc1-c1ccc(O)cc1. The number of carbonyl (C=O) groups excluding carboxylic acids is 1. The second-order valence-corrected chi connectivity index (χ2v) is 7.15. The third-order valence-electron chi connectivity index (χ3n) is 5.06. The number of ketones is 1. The zero-order valence-electron chi connectivity index (χ0n) is 17.1. The van der Waals surface area contributed by atoms with Crippen LogP contribution < -0.4 is 0 Å². The number of halogens is 2. The number of carbonyl (C=O) groups is 2. The molecule has 0 unspecified atom stereocenters. The van der Waals surface area contributed by atoms with E-state index in [0.717, 1.165) is 0 Å². The van der Waals surface area contributed by atoms with Gasteiger partial charge in [-0.2, -0.15) is 8.78 Å². The van der Waals surface area contributed by atoms with E-state index >= 15 is 0 Å². The number of aromatic carboxylic acids is 1. The molecule has 0 amide bonds. The number of aromatic hydroxyl groups is 1. The molecule has 0 aliphatic rings. The van der Waals surface area contributed by atoms with Gasteiger partial charge in [0.25, 0.3) is 0 Å². The van der Waals surface area contributed by atoms with Gasteiger partial charge in [-0.05, 0) is 43.2 Å². The number of nitrogens with zero attached hydrogens (tertiary/aromatic N) is 2. The van der Waals surface area contributed by atoms with Crippen molar-refractivity contribution in [2.75, 3.05) is 0 Å². The monoisotopic (exact) mass is 432 g/mol. The number of rotatable bonds is 9. The minimum absolute atomic E-state index is 0.0338. The summed E-state index contributed by atoms with van der Waals surface area (Å²) in [7, 11) is 0. The quantitative estimate of drug-likeness (QED) is 0.527. The summed E-state index contributed by atoms with van der Waals surface area (Å²) in [5, 5.41) is 22.4. The largest absolute Gasteiger partial charge is 0.508 e. The molecule has 1 aromatic carbocycles. The van der Waals surface area contributed by atoms with Crippen LogP contribution in [-0.4, -0.2) is 37.6 Å². The van der Waals surface area contributed by atoms with Crippen LogP contribution >= 0.6 is 0 Å². The van der Waals surface area contributed by atoms with Crippen LogP contribution in [0.25, 0.3) is 11.3 Å². The van der Waals surface area contributed by atoms with Crippen LogP contribution in [0.3, 0.4) is 0 Å². The van der Waals surface area contributed by atoms with Crippen molar-refractivity contribution in [3.63, 3.8) is 0 Å². The molecule has 0 radical (unpaired) electrons. The highest BCUT2D eigenvalue weighted by molar-refractivity contribution is 5.94. The Labute approximate surface area is 176 Å². The Bertz CT molecular complexity index is 1100. The number of phenols is 1. The summed E-state index contributed by atoms with van der Waals surface area (Å²) in [6.07, 6.45) is 1.41. The summed E-state index contributed by atoms with van der Waals surface area (Å²) in [4.78, 5) is 23.8. The van der Waals surface area contributed by atoms with E-state index in [1.165, 1.54) is 29.1 Å². The molecular weight excluding hydrogens is 410 g/mol. The molecule has 164 valence electrons. The van der Waals surface area contributed by atoms with E-state index in [0.29, 0.717) is 29.9 Å². The van der Waals surface area contributed by atoms with E-state index < -0.39 is 30.5 Å². The van der Waals surface area contributed by atoms with Crippen molar-refractivity contribution >= 4 is 11.8 Å². The van der Waals surface area contributed by atoms with Crippen LogP contribution in [0.5, 0.6) is 5.75 Å². The van der Waals surface area contributed by atoms with Gasteiger partial charge in [0.15, 0.2) is 5.76 Å². The number of benzene rings is 1. The third kappa shape index (κ3) is 4.65. The van der Waals surface area contributed by atoms with E-state index in [1.807, 2.05) is 0 Å². The molecule has 2 aromatic heterocycles. The van der Waals surface area contributed by atoms with Crippen molar-refractivity contribution in [3.8, 4) is 17.1 Å². The second kappa shape index (κ2) is 8.71. The van der Waals surface area contributed by atoms with Crippen molar-refractivity contribution < 1.29 is 33.1 Å². The molecule has 31 heavy (non-hydrogen) atoms. The topological polar surface area (TPSA) is 106 Å². The molecule has 3 rings (SSSR count). The number of aromatic nitrogens is 2. The molecule has 0 atom stereocenters. The highest BCUT2D eigenvalue weighted by Crippen LogP contribution is 2.32. The predicted octanol–water partition coefficient (Wildman–Crippen LogP) is 4.12. The lowest BCUT2D eigenvalue weighted by atomic mass is 9.97. The molecular formula is C22H22F2N2O5. The molecule has 3 aromatic rings. The van der Waals surface area contributed by atoms with Gasteiger partial charge >= 0.3 is 11.9 Å². The zero-order valence-corrected chi connectivity index (χ0v) is 17.1. The number of hydrogen-bond donors (Lipinski definition) is 2. The number of phenolic OH excluding ortho intramolecular Hbond substituents is 1. The molecule has 0 aliphatic carbocycles. The maximum Gasteiger partial charge on any atom is 0.337 e. The van der Waals surface area contributed by atoms with Crippen LogP contribution in [-0.2, 0) is 30.6 Å². The number of carboxylic acids is 1. The maximum atomic E-state index is 14.8. The number of Topliss-reactive ketones (excluding diaryl/α,β-unsaturated/α-hetero) is 1. The minimum atomic E-state index is -3.75. The fourth-order valence-electron chi connectivity index (χ4n) is 3.37. The third-order valence-corrected chi connectivity index (χ3v) is 5.06. The fraction of sp³-hybridized carbons (Fsp3) is 0.318. The lowest BCUT2D eigenvalue weighted by molar-refractivity contribution is -0.142. The van der Waals surface area contributed by atoms with Crippen LogP contribution in [0.2, 0.25) is 0 Å². The lowest BCUT2D eigenvalue weighted by Gasteiger charge is -2.14. The maximum absolute atomic E-state index is 14.8. The molecule has 7 nitrogen and oxygen atoms in total. The Hall–Kier alpha value is -3.49. The highest BCUT2D eigenvalue weighted by atomic mass is 19.3. The van der Waals surface area contributed by atoms with Crippen molar-refractivity contribution in [2.45, 2.75) is 45.6 Å². The standard InChI is InChI=1S/C22H22F2N2O5/c1-3-16-18(25-31-20(16)13-5-7-15(27)8-6-13)10-22(23,24)19(28)9-14-11-26(4-2)12-17(14)21(29)30/h5-8,11-12,27H,3-4,9-10H2,1-2H3,(H,29,30). The van der Waals surface area contributed by atoms with E-state index in [9.17, 15) is 28.6 Å². The normalized spacial score (nSPS) is 11.6. The van der Waals surface area contributed by atoms with Crippen LogP contribution in [0.15, 0.2) is 41.2 Å². The van der Waals surface area contributed by atoms with Crippen molar-refractivity contribution in [3.05, 3.63) is 59.0 Å². The minimum Gasteiger partial charge on any atom is -0.508 e. The van der Waals surface area contributed by atoms with Crippen LogP contribution in [0.4, 0.5) is 8.78 Å². The number of carboxylic acid groups (broad SMARTS) is 1. The number of alkyl halides is 2. The second-order valence-electron chi connectivity index (χ2n) is 7.15. The predicted molar refractivity (Wildman–Crippen MR) is 107 cm³/mol. The average molecular weight is 432 g/mol. The summed E-state index contributed by atoms with van der Waals surface area (Å²) < 4.78 is 36.3. The summed E-state index contributed by atoms with van der Waals surface area (Å²) in [6.45, 7) is 3.98. The molecule has 0 saturated carbocycles. The molecule has 2 heterocycles. The van der Waals surface area contributed by atoms with Gasteiger partial charge in [-0.1, -0.05) is 12.1 Å². The van der Waals surface area contributed by atoms with Crippen LogP contribution in [0.1, 0.15) is 41.0 Å². The lowest BCUT2D eigenvalue weighted by Crippen LogP contribution is -2.33. The van der Waals surface area contributed by atoms with E-state index in [4.69, 9.17) is 4.52 Å². The number of aryl methyl sites for hydroxylation is 1. The first-order valence-electron chi connectivity index (χ1n) is 9.76. The Balaban J connectivity index is 1.83. The Morgan fingerprint density at radius 1 is 1.16 bits per heavy atom. The molecule has 0 fully saturated rings. The Kier molecular flexibility index (Phi) is 6.24. The zero-order chi connectivity index (χ0) is 22.8. The van der Waals surface area contributed by atoms with Gasteiger partial charge in [-0.3, -0.25) is 4.79 Å². The van der Waals surface area contributed by atoms with Gasteiger partial charge in [0, 0.05) is 36.5 Å². The molecule has 0 bridgehead atoms. The first-order chi connectivity index (χ1) is 14.7. The van der Waals surface area contributed by atoms with Gasteiger partial charge in [0.2, 0.25) is 5.78 Å². The molecule has 2 N–H and O–H groups in total. The summed E-state index contributed by atoms with van der Waals surface area (Å²) in [6, 6.07) is 6.04. The first kappa shape index (κ1) is 22.2. The van der Waals surface area contributed by atoms with E-state index in [-0.39, 0.29) is 22.6 Å². The molecule has 0 saturated heterocycles. The average Bonchev–Trinajstić information content (AvgIpc) is 3.32. The fourth-order valence-corrected chi connectivity index (χ4v) is 3.37. The van der Waals surface area contributed by atoms with Gasteiger partial charge < -0.3 is 19.3 Å². The summed E-state index contributed by atoms with van der Waals surface area (Å²) in [5.41, 5.74) is 0.848. The van der Waals surface area contributed by atoms with Crippen molar-refractivity contribution in [2.24, 2.45) is 0 Å². The molecule has 0 aliphatic heterocycles. The molecule has 0 spiro atoms. The first-order valence-corrected chi connectivity index (χ1v) is 9.76. The van der Waals surface area contributed by atoms with Gasteiger partial charge in [0.05, 0.1) is 17.7 Å². The highest BCUT2D eigenvalue weighted by Gasteiger charge is 2.41. The van der Waals surface area contributed by atoms with Crippen molar-refractivity contribution in [1.82, 2.24) is 9.72 Å². The summed E-state index contributed by atoms with van der Waals surface area (Å²) >= 11 is 0.